The van der Waals surface area contributed by atoms with Gasteiger partial charge in [0, 0.05) is 6.04 Å². The van der Waals surface area contributed by atoms with Crippen molar-refractivity contribution >= 4 is 14.4 Å². The summed E-state index contributed by atoms with van der Waals surface area (Å²) in [4.78, 5) is 14.8. The number of carbonyl (C=O) groups excluding carboxylic acids is 1. The molecule has 1 amide bonds. The molecule has 1 saturated heterocycles. The van der Waals surface area contributed by atoms with Gasteiger partial charge in [0.05, 0.1) is 12.1 Å². The third-order valence-electron chi connectivity index (χ3n) is 5.64. The summed E-state index contributed by atoms with van der Waals surface area (Å²) >= 11 is 0. The largest absolute Gasteiger partial charge is 0.444 e. The van der Waals surface area contributed by atoms with Crippen molar-refractivity contribution in [2.75, 3.05) is 13.1 Å². The lowest BCUT2D eigenvalue weighted by Crippen LogP contribution is -2.49. The standard InChI is InChI=1S/C20H42N2O3Si/c1-11-21-13-12-16-14-17(25-26(9,10)20(6,7)8)15(2)22(16)18(23)24-19(3,4)5/h15-17,21H,11-14H2,1-10H3/t15-,16-,17-/m1/s1. The number of hydrogen-bond acceptors (Lipinski definition) is 4. The number of likely N-dealkylation sites (tertiary alicyclic amines) is 1. The van der Waals surface area contributed by atoms with Crippen LogP contribution in [-0.4, -0.2) is 56.2 Å². The highest BCUT2D eigenvalue weighted by molar-refractivity contribution is 6.74. The number of carbonyl (C=O) groups is 1. The van der Waals surface area contributed by atoms with Crippen LogP contribution >= 0.6 is 0 Å². The number of hydrogen-bond donors (Lipinski definition) is 1. The number of amides is 1. The van der Waals surface area contributed by atoms with Crippen LogP contribution in [0.5, 0.6) is 0 Å². The Hall–Kier alpha value is -0.593. The van der Waals surface area contributed by atoms with Crippen LogP contribution in [-0.2, 0) is 9.16 Å². The molecular formula is C20H42N2O3Si. The van der Waals surface area contributed by atoms with Crippen LogP contribution in [0.4, 0.5) is 4.79 Å². The first-order valence-corrected chi connectivity index (χ1v) is 13.0. The van der Waals surface area contributed by atoms with Crippen LogP contribution < -0.4 is 5.32 Å². The predicted molar refractivity (Wildman–Crippen MR) is 111 cm³/mol. The lowest BCUT2D eigenvalue weighted by Gasteiger charge is -2.39. The second kappa shape index (κ2) is 8.61. The van der Waals surface area contributed by atoms with Gasteiger partial charge in [-0.05, 0) is 71.8 Å². The van der Waals surface area contributed by atoms with Gasteiger partial charge >= 0.3 is 6.09 Å². The van der Waals surface area contributed by atoms with Crippen molar-refractivity contribution in [3.8, 4) is 0 Å². The molecule has 154 valence electrons. The van der Waals surface area contributed by atoms with Crippen molar-refractivity contribution in [3.63, 3.8) is 0 Å². The first-order valence-electron chi connectivity index (χ1n) is 10.1. The van der Waals surface area contributed by atoms with Crippen molar-refractivity contribution in [1.29, 1.82) is 0 Å². The van der Waals surface area contributed by atoms with E-state index in [4.69, 9.17) is 9.16 Å². The Labute approximate surface area is 162 Å². The Balaban J connectivity index is 2.95. The first kappa shape index (κ1) is 23.4. The Morgan fingerprint density at radius 2 is 1.77 bits per heavy atom. The summed E-state index contributed by atoms with van der Waals surface area (Å²) in [6.07, 6.45) is 1.68. The van der Waals surface area contributed by atoms with Crippen molar-refractivity contribution in [2.24, 2.45) is 0 Å². The molecule has 0 aromatic carbocycles. The summed E-state index contributed by atoms with van der Waals surface area (Å²) in [6.45, 7) is 23.1. The Morgan fingerprint density at radius 3 is 2.23 bits per heavy atom. The van der Waals surface area contributed by atoms with E-state index in [1.165, 1.54) is 0 Å². The van der Waals surface area contributed by atoms with Crippen LogP contribution in [0.15, 0.2) is 0 Å². The maximum Gasteiger partial charge on any atom is 0.410 e. The fraction of sp³-hybridized carbons (Fsp3) is 0.950. The molecule has 0 bridgehead atoms. The topological polar surface area (TPSA) is 50.8 Å². The van der Waals surface area contributed by atoms with Gasteiger partial charge in [0.25, 0.3) is 0 Å². The van der Waals surface area contributed by atoms with E-state index in [1.54, 1.807) is 0 Å². The quantitative estimate of drug-likeness (QED) is 0.527. The summed E-state index contributed by atoms with van der Waals surface area (Å²) < 4.78 is 12.4. The minimum absolute atomic E-state index is 0.0330. The molecule has 0 aromatic rings. The molecule has 0 aliphatic carbocycles. The average molecular weight is 387 g/mol. The van der Waals surface area contributed by atoms with Gasteiger partial charge in [0.1, 0.15) is 5.60 Å². The van der Waals surface area contributed by atoms with Crippen LogP contribution in [0.3, 0.4) is 0 Å². The molecule has 3 atom stereocenters. The lowest BCUT2D eigenvalue weighted by atomic mass is 10.1. The lowest BCUT2D eigenvalue weighted by molar-refractivity contribution is 0.0111. The van der Waals surface area contributed by atoms with Crippen LogP contribution in [0, 0.1) is 0 Å². The van der Waals surface area contributed by atoms with Crippen LogP contribution in [0.2, 0.25) is 18.1 Å². The molecular weight excluding hydrogens is 344 g/mol. The third-order valence-corrected chi connectivity index (χ3v) is 10.1. The average Bonchev–Trinajstić information content (AvgIpc) is 2.72. The molecule has 0 saturated carbocycles. The fourth-order valence-corrected chi connectivity index (χ4v) is 4.53. The van der Waals surface area contributed by atoms with E-state index < -0.39 is 13.9 Å². The van der Waals surface area contributed by atoms with Gasteiger partial charge in [-0.2, -0.15) is 0 Å². The SMILES string of the molecule is CCNCC[C@@H]1C[C@@H](O[Si](C)(C)C(C)(C)C)[C@@H](C)N1C(=O)OC(C)(C)C. The molecule has 1 aliphatic heterocycles. The molecule has 0 aromatic heterocycles. The number of nitrogens with one attached hydrogen (secondary N) is 1. The molecule has 1 heterocycles. The normalized spacial score (nSPS) is 24.8. The number of nitrogens with zero attached hydrogens (tertiary/aromatic N) is 1. The van der Waals surface area contributed by atoms with E-state index >= 15 is 0 Å². The maximum atomic E-state index is 12.9. The van der Waals surface area contributed by atoms with Crippen LogP contribution in [0.25, 0.3) is 0 Å². The molecule has 0 radical (unpaired) electrons. The zero-order valence-electron chi connectivity index (χ0n) is 18.7. The van der Waals surface area contributed by atoms with E-state index in [2.05, 4.69) is 53.0 Å². The Kier molecular flexibility index (Phi) is 7.77. The number of rotatable bonds is 6. The summed E-state index contributed by atoms with van der Waals surface area (Å²) in [7, 11) is -1.89. The van der Waals surface area contributed by atoms with Crippen LogP contribution in [0.1, 0.15) is 68.2 Å². The van der Waals surface area contributed by atoms with Gasteiger partial charge < -0.3 is 14.5 Å². The van der Waals surface area contributed by atoms with E-state index in [1.807, 2.05) is 25.7 Å². The summed E-state index contributed by atoms with van der Waals surface area (Å²) in [6, 6.07) is 0.194. The second-order valence-electron chi connectivity index (χ2n) is 10.1. The van der Waals surface area contributed by atoms with Crippen molar-refractivity contribution < 1.29 is 14.0 Å². The summed E-state index contributed by atoms with van der Waals surface area (Å²) in [5, 5.41) is 3.53. The Bertz CT molecular complexity index is 469. The highest BCUT2D eigenvalue weighted by Crippen LogP contribution is 2.40. The molecule has 0 unspecified atom stereocenters. The molecule has 5 nitrogen and oxygen atoms in total. The van der Waals surface area contributed by atoms with E-state index in [-0.39, 0.29) is 29.3 Å². The monoisotopic (exact) mass is 386 g/mol. The number of ether oxygens (including phenoxy) is 1. The van der Waals surface area contributed by atoms with E-state index in [9.17, 15) is 4.79 Å². The molecule has 1 aliphatic rings. The predicted octanol–water partition coefficient (Wildman–Crippen LogP) is 4.77. The van der Waals surface area contributed by atoms with Gasteiger partial charge in [0.2, 0.25) is 0 Å². The van der Waals surface area contributed by atoms with Gasteiger partial charge in [-0.15, -0.1) is 0 Å². The Morgan fingerprint density at radius 1 is 1.19 bits per heavy atom. The third kappa shape index (κ3) is 6.24. The van der Waals surface area contributed by atoms with Crippen molar-refractivity contribution in [3.05, 3.63) is 0 Å². The molecule has 6 heteroatoms. The summed E-state index contributed by atoms with van der Waals surface area (Å²) in [5.41, 5.74) is -0.485. The van der Waals surface area contributed by atoms with E-state index in [0.29, 0.717) is 0 Å². The zero-order chi connectivity index (χ0) is 20.3. The molecule has 1 rings (SSSR count). The second-order valence-corrected chi connectivity index (χ2v) is 14.8. The van der Waals surface area contributed by atoms with Crippen molar-refractivity contribution in [2.45, 2.75) is 110 Å². The van der Waals surface area contributed by atoms with Gasteiger partial charge in [0.15, 0.2) is 8.32 Å². The summed E-state index contributed by atoms with van der Waals surface area (Å²) in [5.74, 6) is 0. The van der Waals surface area contributed by atoms with Gasteiger partial charge in [-0.3, -0.25) is 4.90 Å². The molecule has 26 heavy (non-hydrogen) atoms. The highest BCUT2D eigenvalue weighted by Gasteiger charge is 2.47. The molecule has 0 spiro atoms. The van der Waals surface area contributed by atoms with E-state index in [0.717, 1.165) is 25.9 Å². The highest BCUT2D eigenvalue weighted by atomic mass is 28.4. The minimum atomic E-state index is -1.89. The first-order chi connectivity index (χ1) is 11.7. The molecule has 1 N–H and O–H groups in total. The fourth-order valence-electron chi connectivity index (χ4n) is 3.12. The van der Waals surface area contributed by atoms with Gasteiger partial charge in [-0.25, -0.2) is 4.79 Å². The van der Waals surface area contributed by atoms with Crippen molar-refractivity contribution in [1.82, 2.24) is 10.2 Å². The zero-order valence-corrected chi connectivity index (χ0v) is 19.7. The maximum absolute atomic E-state index is 12.9. The van der Waals surface area contributed by atoms with Gasteiger partial charge in [-0.1, -0.05) is 27.7 Å². The minimum Gasteiger partial charge on any atom is -0.444 e. The molecule has 1 fully saturated rings. The smallest absolute Gasteiger partial charge is 0.410 e.